The molecule has 0 saturated carbocycles. The fourth-order valence-electron chi connectivity index (χ4n) is 5.46. The van der Waals surface area contributed by atoms with Crippen molar-refractivity contribution in [1.29, 1.82) is 0 Å². The van der Waals surface area contributed by atoms with Gasteiger partial charge in [0.05, 0.1) is 13.2 Å². The van der Waals surface area contributed by atoms with Crippen LogP contribution in [0.3, 0.4) is 0 Å². The van der Waals surface area contributed by atoms with Crippen LogP contribution in [0.2, 0.25) is 0 Å². The van der Waals surface area contributed by atoms with Crippen LogP contribution in [0, 0.1) is 66.7 Å². The SMILES string of the molecule is Br.C.CCCC1OCCCO1.Cc1[c-]c(C)cc(CCCC=O)c1.Cc1[c-]c(C)cc(CCCCBr)c1.[Br-].[CH2-]CCCc1cc(C)[c-]c(C)c1.[H+].[HH].[Mg+2].[Y].[Y].[Y]. The second kappa shape index (κ2) is 46.8. The Morgan fingerprint density at radius 3 is 1.41 bits per heavy atom. The molecule has 4 rings (SSSR count). The Morgan fingerprint density at radius 1 is 0.741 bits per heavy atom. The first kappa shape index (κ1) is 71.3. The van der Waals surface area contributed by atoms with E-state index < -0.39 is 0 Å². The van der Waals surface area contributed by atoms with Gasteiger partial charge in [0, 0.05) is 111 Å². The van der Waals surface area contributed by atoms with E-state index in [0.29, 0.717) is 6.42 Å². The van der Waals surface area contributed by atoms with Crippen LogP contribution in [0.1, 0.15) is 125 Å². The van der Waals surface area contributed by atoms with E-state index in [1.54, 1.807) is 0 Å². The van der Waals surface area contributed by atoms with Crippen molar-refractivity contribution in [2.24, 2.45) is 0 Å². The number of carbonyl (C=O) groups is 1. The summed E-state index contributed by atoms with van der Waals surface area (Å²) in [4.78, 5) is 10.1. The van der Waals surface area contributed by atoms with Crippen molar-refractivity contribution < 1.29 is 132 Å². The predicted molar refractivity (Wildman–Crippen MR) is 230 cm³/mol. The van der Waals surface area contributed by atoms with Gasteiger partial charge in [0.1, 0.15) is 6.29 Å². The van der Waals surface area contributed by atoms with Crippen molar-refractivity contribution in [1.82, 2.24) is 0 Å². The largest absolute Gasteiger partial charge is 2.00 e. The first-order valence-electron chi connectivity index (χ1n) is 17.6. The van der Waals surface area contributed by atoms with Crippen molar-refractivity contribution >= 4 is 62.3 Å². The summed E-state index contributed by atoms with van der Waals surface area (Å²) < 4.78 is 10.6. The van der Waals surface area contributed by atoms with Gasteiger partial charge in [0.25, 0.3) is 0 Å². The molecule has 0 spiro atoms. The van der Waals surface area contributed by atoms with Gasteiger partial charge in [-0.05, 0) is 25.7 Å². The Labute approximate surface area is 457 Å². The van der Waals surface area contributed by atoms with Gasteiger partial charge in [0.15, 0.2) is 6.29 Å². The summed E-state index contributed by atoms with van der Waals surface area (Å²) in [5.74, 6) is 0. The third kappa shape index (κ3) is 38.9. The molecule has 1 heterocycles. The molecule has 1 aliphatic heterocycles. The minimum atomic E-state index is 0. The van der Waals surface area contributed by atoms with Crippen molar-refractivity contribution in [3.05, 3.63) is 112 Å². The van der Waals surface area contributed by atoms with Crippen LogP contribution in [-0.2, 0) is 132 Å². The van der Waals surface area contributed by atoms with Gasteiger partial charge in [-0.1, -0.05) is 110 Å². The zero-order chi connectivity index (χ0) is 34.9. The standard InChI is InChI=1S/C12H16Br.C12H15O.C12H16.C7H14O2.CH4.2BrH.Mg.3Y.H2/c2*1-10-7-11(2)9-12(8-10)5-3-4-6-13;1-4-5-6-12-8-10(2)7-11(3)9-12;1-2-4-7-8-5-3-6-9-7;;;;;;;;/h8-9H,3-6H2,1-2H3;6,8-9H,3-5H2,1-2H3;8-9H,1,4-6H2,2-3H3;7H,2-6H2,1H3;1H4;2*1H;;;;;1H/q2*-1;-2;;;;;+2;;;;. The molecular formula is C44H69Br3MgO3Y3-2. The first-order valence-corrected chi connectivity index (χ1v) is 18.7. The van der Waals surface area contributed by atoms with E-state index in [4.69, 9.17) is 9.47 Å². The molecule has 3 aromatic carbocycles. The fourth-order valence-corrected chi connectivity index (χ4v) is 5.85. The summed E-state index contributed by atoms with van der Waals surface area (Å²) in [6.07, 6.45) is 14.0. The molecule has 297 valence electrons. The molecule has 1 fully saturated rings. The summed E-state index contributed by atoms with van der Waals surface area (Å²) in [5.41, 5.74) is 11.6. The molecule has 0 unspecified atom stereocenters. The summed E-state index contributed by atoms with van der Waals surface area (Å²) in [5, 5.41) is 1.12. The van der Waals surface area contributed by atoms with E-state index in [-0.39, 0.29) is 172 Å². The number of hydrogen-bond acceptors (Lipinski definition) is 3. The number of ether oxygens (including phenoxy) is 2. The van der Waals surface area contributed by atoms with Crippen LogP contribution in [0.5, 0.6) is 0 Å². The van der Waals surface area contributed by atoms with E-state index in [0.717, 1.165) is 69.8 Å². The van der Waals surface area contributed by atoms with E-state index >= 15 is 0 Å². The minimum Gasteiger partial charge on any atom is -1.00 e. The Morgan fingerprint density at radius 2 is 1.09 bits per heavy atom. The van der Waals surface area contributed by atoms with Crippen molar-refractivity contribution in [2.75, 3.05) is 18.5 Å². The summed E-state index contributed by atoms with van der Waals surface area (Å²) in [6, 6.07) is 23.0. The van der Waals surface area contributed by atoms with Crippen molar-refractivity contribution in [3.63, 3.8) is 0 Å². The van der Waals surface area contributed by atoms with Crippen LogP contribution in [0.4, 0.5) is 0 Å². The van der Waals surface area contributed by atoms with Crippen LogP contribution >= 0.6 is 32.9 Å². The van der Waals surface area contributed by atoms with Crippen molar-refractivity contribution in [3.8, 4) is 0 Å². The van der Waals surface area contributed by atoms with Gasteiger partial charge in [-0.3, -0.25) is 0 Å². The van der Waals surface area contributed by atoms with E-state index in [2.05, 4.69) is 126 Å². The topological polar surface area (TPSA) is 35.5 Å². The maximum atomic E-state index is 10.1. The number of carbonyl (C=O) groups excluding carboxylic acids is 1. The van der Waals surface area contributed by atoms with E-state index in [1.807, 2.05) is 0 Å². The van der Waals surface area contributed by atoms with E-state index in [9.17, 15) is 4.79 Å². The maximum absolute atomic E-state index is 10.1. The molecule has 1 saturated heterocycles. The van der Waals surface area contributed by atoms with Gasteiger partial charge in [-0.2, -0.15) is 111 Å². The molecule has 3 nitrogen and oxygen atoms in total. The van der Waals surface area contributed by atoms with Gasteiger partial charge in [0.2, 0.25) is 0 Å². The third-order valence-electron chi connectivity index (χ3n) is 7.37. The number of aldehydes is 1. The molecule has 0 aromatic heterocycles. The van der Waals surface area contributed by atoms with Gasteiger partial charge >= 0.3 is 24.5 Å². The Hall–Kier alpha value is 2.77. The maximum Gasteiger partial charge on any atom is 2.00 e. The molecule has 0 bridgehead atoms. The zero-order valence-corrected chi connectivity index (χ0v) is 48.6. The first-order chi connectivity index (χ1) is 22.6. The molecule has 0 amide bonds. The quantitative estimate of drug-likeness (QED) is 0.0563. The summed E-state index contributed by atoms with van der Waals surface area (Å²) >= 11 is 3.45. The molecule has 54 heavy (non-hydrogen) atoms. The van der Waals surface area contributed by atoms with Crippen molar-refractivity contribution in [2.45, 2.75) is 139 Å². The Bertz CT molecular complexity index is 1230. The average Bonchev–Trinajstić information content (AvgIpc) is 3.01. The molecule has 0 aliphatic carbocycles. The number of rotatable bonds is 13. The van der Waals surface area contributed by atoms with Gasteiger partial charge < -0.3 is 38.2 Å². The predicted octanol–water partition coefficient (Wildman–Crippen LogP) is 9.44. The third-order valence-corrected chi connectivity index (χ3v) is 7.93. The second-order valence-corrected chi connectivity index (χ2v) is 13.3. The number of benzene rings is 3. The average molecular weight is 1180 g/mol. The smallest absolute Gasteiger partial charge is 1.00 e. The molecular weight excluding hydrogens is 1110 g/mol. The minimum absolute atomic E-state index is 0. The van der Waals surface area contributed by atoms with Gasteiger partial charge in [-0.25, -0.2) is 0 Å². The second-order valence-electron chi connectivity index (χ2n) is 12.5. The number of aryl methyl sites for hydroxylation is 9. The number of alkyl halides is 1. The monoisotopic (exact) mass is 1170 g/mol. The molecule has 3 radical (unpaired) electrons. The van der Waals surface area contributed by atoms with E-state index in [1.165, 1.54) is 75.8 Å². The van der Waals surface area contributed by atoms with Crippen LogP contribution < -0.4 is 17.0 Å². The normalized spacial score (nSPS) is 10.9. The Balaban J connectivity index is -0.0000000718. The fraction of sp³-hybridized carbons (Fsp3) is 0.545. The molecule has 10 heteroatoms. The van der Waals surface area contributed by atoms with Crippen LogP contribution in [-0.4, -0.2) is 54.2 Å². The van der Waals surface area contributed by atoms with Gasteiger partial charge in [-0.15, -0.1) is 17.0 Å². The summed E-state index contributed by atoms with van der Waals surface area (Å²) in [7, 11) is 0. The Kier molecular flexibility index (Phi) is 61.8. The molecule has 0 atom stereocenters. The number of unbranched alkanes of at least 4 members (excludes halogenated alkanes) is 3. The molecule has 3 aromatic rings. The van der Waals surface area contributed by atoms with Crippen LogP contribution in [0.25, 0.3) is 0 Å². The summed E-state index contributed by atoms with van der Waals surface area (Å²) in [6.45, 7) is 20.3. The number of hydrogen-bond donors (Lipinski definition) is 0. The number of halogens is 3. The zero-order valence-electron chi connectivity index (χ0n) is 34.8. The molecule has 0 N–H and O–H groups in total. The molecule has 1 aliphatic rings. The van der Waals surface area contributed by atoms with Crippen LogP contribution in [0.15, 0.2) is 36.4 Å².